The van der Waals surface area contributed by atoms with Crippen molar-refractivity contribution in [3.8, 4) is 5.88 Å². The number of benzene rings is 1. The molecule has 0 spiro atoms. The van der Waals surface area contributed by atoms with E-state index in [0.717, 1.165) is 0 Å². The summed E-state index contributed by atoms with van der Waals surface area (Å²) in [7, 11) is 3.20. The van der Waals surface area contributed by atoms with Gasteiger partial charge in [0, 0.05) is 23.7 Å². The highest BCUT2D eigenvalue weighted by Crippen LogP contribution is 2.29. The van der Waals surface area contributed by atoms with E-state index in [-0.39, 0.29) is 5.91 Å². The van der Waals surface area contributed by atoms with Gasteiger partial charge in [-0.2, -0.15) is 0 Å². The Hall–Kier alpha value is -2.44. The molecule has 0 fully saturated rings. The third kappa shape index (κ3) is 2.78. The van der Waals surface area contributed by atoms with Crippen LogP contribution in [0.3, 0.4) is 0 Å². The molecule has 1 aliphatic heterocycles. The van der Waals surface area contributed by atoms with Crippen molar-refractivity contribution < 1.29 is 9.53 Å². The molecule has 1 aromatic heterocycles. The summed E-state index contributed by atoms with van der Waals surface area (Å²) in [4.78, 5) is 22.5. The number of nitrogens with two attached hydrogens (primary N) is 1. The summed E-state index contributed by atoms with van der Waals surface area (Å²) in [6.07, 6.45) is -1.01. The van der Waals surface area contributed by atoms with Crippen molar-refractivity contribution in [1.82, 2.24) is 4.98 Å². The lowest BCUT2D eigenvalue weighted by Crippen LogP contribution is -2.39. The van der Waals surface area contributed by atoms with Crippen molar-refractivity contribution in [3.63, 3.8) is 0 Å². The average molecular weight is 331 g/mol. The number of aromatic nitrogens is 1. The summed E-state index contributed by atoms with van der Waals surface area (Å²) >= 11 is 6.13. The van der Waals surface area contributed by atoms with Crippen LogP contribution >= 0.6 is 11.6 Å². The van der Waals surface area contributed by atoms with Crippen molar-refractivity contribution in [2.24, 2.45) is 10.7 Å². The van der Waals surface area contributed by atoms with E-state index >= 15 is 0 Å². The van der Waals surface area contributed by atoms with Gasteiger partial charge in [-0.3, -0.25) is 9.79 Å². The number of ether oxygens (including phenoxy) is 1. The highest BCUT2D eigenvalue weighted by Gasteiger charge is 2.28. The maximum Gasteiger partial charge on any atom is 0.266 e. The van der Waals surface area contributed by atoms with Gasteiger partial charge in [0.25, 0.3) is 5.91 Å². The minimum absolute atomic E-state index is 0.300. The number of hydrogen-bond acceptors (Lipinski definition) is 5. The molecule has 3 rings (SSSR count). The van der Waals surface area contributed by atoms with Gasteiger partial charge in [-0.25, -0.2) is 4.98 Å². The molecule has 2 heterocycles. The molecular weight excluding hydrogens is 316 g/mol. The predicted molar refractivity (Wildman–Crippen MR) is 89.3 cm³/mol. The Morgan fingerprint density at radius 2 is 2.09 bits per heavy atom. The van der Waals surface area contributed by atoms with Crippen LogP contribution in [0.2, 0.25) is 5.02 Å². The van der Waals surface area contributed by atoms with E-state index in [9.17, 15) is 4.79 Å². The molecule has 23 heavy (non-hydrogen) atoms. The molecule has 0 saturated carbocycles. The Morgan fingerprint density at radius 3 is 2.83 bits per heavy atom. The van der Waals surface area contributed by atoms with Gasteiger partial charge in [0.05, 0.1) is 24.2 Å². The highest BCUT2D eigenvalue weighted by atomic mass is 35.5. The molecule has 1 atom stereocenters. The number of likely N-dealkylation sites (N-methyl/N-ethyl adjacent to an activating group) is 1. The number of nitrogens with zero attached hydrogens (tertiary/aromatic N) is 3. The Labute approximate surface area is 138 Å². The van der Waals surface area contributed by atoms with Gasteiger partial charge in [-0.1, -0.05) is 17.7 Å². The number of pyridine rings is 1. The number of fused-ring (bicyclic) bond motifs is 1. The van der Waals surface area contributed by atoms with E-state index in [1.807, 2.05) is 0 Å². The second-order valence-electron chi connectivity index (χ2n) is 5.05. The van der Waals surface area contributed by atoms with E-state index in [1.54, 1.807) is 43.4 Å². The fraction of sp³-hybridized carbons (Fsp3) is 0.188. The first-order valence-corrected chi connectivity index (χ1v) is 7.31. The van der Waals surface area contributed by atoms with Gasteiger partial charge < -0.3 is 15.4 Å². The van der Waals surface area contributed by atoms with Gasteiger partial charge in [0.2, 0.25) is 5.88 Å². The molecule has 2 aromatic rings. The summed E-state index contributed by atoms with van der Waals surface area (Å²) in [6, 6.07) is 10.6. The standard InChI is InChI=1S/C16H15ClN4O2/c1-21-12-7-6-9(17)8-10(12)14(20-15(18)16(21)22)11-4-3-5-13(19-11)23-2/h3-8,15H,18H2,1-2H3. The number of benzodiazepines with no additional fused rings is 1. The van der Waals surface area contributed by atoms with Crippen LogP contribution in [0.4, 0.5) is 5.69 Å². The summed E-state index contributed by atoms with van der Waals surface area (Å²) in [5, 5.41) is 0.538. The number of amides is 1. The zero-order chi connectivity index (χ0) is 16.6. The number of carbonyl (C=O) groups excluding carboxylic acids is 1. The number of carbonyl (C=O) groups is 1. The highest BCUT2D eigenvalue weighted by molar-refractivity contribution is 6.32. The molecule has 6 nitrogen and oxygen atoms in total. The quantitative estimate of drug-likeness (QED) is 0.911. The maximum absolute atomic E-state index is 12.3. The molecular formula is C16H15ClN4O2. The minimum atomic E-state index is -1.01. The van der Waals surface area contributed by atoms with E-state index in [1.165, 1.54) is 12.0 Å². The summed E-state index contributed by atoms with van der Waals surface area (Å²) < 4.78 is 5.16. The van der Waals surface area contributed by atoms with Crippen LogP contribution in [-0.4, -0.2) is 36.9 Å². The molecule has 0 bridgehead atoms. The van der Waals surface area contributed by atoms with Gasteiger partial charge in [0.1, 0.15) is 0 Å². The Balaban J connectivity index is 2.25. The molecule has 1 amide bonds. The fourth-order valence-corrected chi connectivity index (χ4v) is 2.61. The second kappa shape index (κ2) is 5.98. The smallest absolute Gasteiger partial charge is 0.266 e. The molecule has 118 valence electrons. The van der Waals surface area contributed by atoms with Crippen LogP contribution in [0.5, 0.6) is 5.88 Å². The average Bonchev–Trinajstić information content (AvgIpc) is 2.65. The largest absolute Gasteiger partial charge is 0.481 e. The first-order chi connectivity index (χ1) is 11.0. The third-order valence-corrected chi connectivity index (χ3v) is 3.84. The van der Waals surface area contributed by atoms with E-state index in [4.69, 9.17) is 22.1 Å². The van der Waals surface area contributed by atoms with Gasteiger partial charge in [-0.05, 0) is 24.3 Å². The van der Waals surface area contributed by atoms with Crippen LogP contribution in [0, 0.1) is 0 Å². The van der Waals surface area contributed by atoms with Crippen molar-refractivity contribution in [1.29, 1.82) is 0 Å². The normalized spacial score (nSPS) is 17.4. The molecule has 7 heteroatoms. The zero-order valence-corrected chi connectivity index (χ0v) is 13.4. The molecule has 0 aliphatic carbocycles. The Morgan fingerprint density at radius 1 is 1.30 bits per heavy atom. The van der Waals surface area contributed by atoms with Crippen molar-refractivity contribution >= 4 is 28.9 Å². The number of methoxy groups -OCH3 is 1. The van der Waals surface area contributed by atoms with Crippen LogP contribution < -0.4 is 15.4 Å². The molecule has 1 aliphatic rings. The molecule has 1 aromatic carbocycles. The van der Waals surface area contributed by atoms with Crippen molar-refractivity contribution in [2.45, 2.75) is 6.17 Å². The van der Waals surface area contributed by atoms with E-state index in [0.29, 0.717) is 33.6 Å². The van der Waals surface area contributed by atoms with E-state index < -0.39 is 6.17 Å². The summed E-state index contributed by atoms with van der Waals surface area (Å²) in [5.74, 6) is 0.151. The lowest BCUT2D eigenvalue weighted by atomic mass is 10.0. The number of aliphatic imine (C=N–C) groups is 1. The van der Waals surface area contributed by atoms with Crippen LogP contribution in [-0.2, 0) is 4.79 Å². The number of rotatable bonds is 2. The van der Waals surface area contributed by atoms with Crippen molar-refractivity contribution in [3.05, 3.63) is 52.7 Å². The first-order valence-electron chi connectivity index (χ1n) is 6.93. The Kier molecular flexibility index (Phi) is 4.02. The molecule has 1 unspecified atom stereocenters. The zero-order valence-electron chi connectivity index (χ0n) is 12.7. The summed E-state index contributed by atoms with van der Waals surface area (Å²) in [6.45, 7) is 0. The van der Waals surface area contributed by atoms with Gasteiger partial charge in [0.15, 0.2) is 6.17 Å². The topological polar surface area (TPSA) is 80.8 Å². The third-order valence-electron chi connectivity index (χ3n) is 3.60. The molecule has 0 radical (unpaired) electrons. The monoisotopic (exact) mass is 330 g/mol. The van der Waals surface area contributed by atoms with E-state index in [2.05, 4.69) is 9.98 Å². The lowest BCUT2D eigenvalue weighted by molar-refractivity contribution is -0.119. The second-order valence-corrected chi connectivity index (χ2v) is 5.48. The summed E-state index contributed by atoms with van der Waals surface area (Å²) in [5.41, 5.74) is 8.35. The maximum atomic E-state index is 12.3. The minimum Gasteiger partial charge on any atom is -0.481 e. The Bertz CT molecular complexity index is 806. The van der Waals surface area contributed by atoms with Crippen LogP contribution in [0.1, 0.15) is 11.3 Å². The molecule has 0 saturated heterocycles. The lowest BCUT2D eigenvalue weighted by Gasteiger charge is -2.19. The fourth-order valence-electron chi connectivity index (χ4n) is 2.44. The predicted octanol–water partition coefficient (Wildman–Crippen LogP) is 1.84. The van der Waals surface area contributed by atoms with Crippen molar-refractivity contribution in [2.75, 3.05) is 19.1 Å². The number of hydrogen-bond donors (Lipinski definition) is 1. The van der Waals surface area contributed by atoms with Gasteiger partial charge in [-0.15, -0.1) is 0 Å². The number of halogens is 1. The number of anilines is 1. The van der Waals surface area contributed by atoms with Crippen LogP contribution in [0.15, 0.2) is 41.4 Å². The van der Waals surface area contributed by atoms with Gasteiger partial charge >= 0.3 is 0 Å². The SMILES string of the molecule is COc1cccc(C2=NC(N)C(=O)N(C)c3ccc(Cl)cc32)n1. The van der Waals surface area contributed by atoms with Crippen LogP contribution in [0.25, 0.3) is 0 Å². The first kappa shape index (κ1) is 15.5. The molecule has 2 N–H and O–H groups in total.